The Morgan fingerprint density at radius 2 is 2.19 bits per heavy atom. The van der Waals surface area contributed by atoms with Crippen LogP contribution in [0.1, 0.15) is 42.0 Å². The van der Waals surface area contributed by atoms with Gasteiger partial charge in [0.1, 0.15) is 0 Å². The van der Waals surface area contributed by atoms with Gasteiger partial charge in [0.05, 0.1) is 16.7 Å². The van der Waals surface area contributed by atoms with E-state index in [0.717, 1.165) is 10.9 Å². The van der Waals surface area contributed by atoms with E-state index in [4.69, 9.17) is 4.52 Å². The highest BCUT2D eigenvalue weighted by molar-refractivity contribution is 7.89. The van der Waals surface area contributed by atoms with Gasteiger partial charge >= 0.3 is 0 Å². The van der Waals surface area contributed by atoms with Crippen LogP contribution in [0, 0.1) is 12.8 Å². The number of hydrogen-bond donors (Lipinski definition) is 2. The third-order valence-corrected chi connectivity index (χ3v) is 7.97. The molecule has 3 aromatic rings. The molecule has 164 valence electrons. The SMILES string of the molecule is CCS(=O)(=O)NC1CC2CN(C(=O)c3n[nH]c4ccccc34)CC2(c2nc(C)no2)C1. The fourth-order valence-electron chi connectivity index (χ4n) is 5.06. The minimum absolute atomic E-state index is 0.00561. The number of sulfonamides is 1. The van der Waals surface area contributed by atoms with Crippen molar-refractivity contribution in [3.8, 4) is 0 Å². The number of aromatic amines is 1. The van der Waals surface area contributed by atoms with E-state index in [1.165, 1.54) is 0 Å². The lowest BCUT2D eigenvalue weighted by Gasteiger charge is -2.25. The van der Waals surface area contributed by atoms with E-state index in [2.05, 4.69) is 25.1 Å². The number of aryl methyl sites for hydroxylation is 1. The number of nitrogens with zero attached hydrogens (tertiary/aromatic N) is 4. The van der Waals surface area contributed by atoms with Crippen molar-refractivity contribution in [2.75, 3.05) is 18.8 Å². The van der Waals surface area contributed by atoms with Gasteiger partial charge in [0.15, 0.2) is 11.5 Å². The number of hydrogen-bond acceptors (Lipinski definition) is 7. The van der Waals surface area contributed by atoms with Crippen LogP contribution in [0.15, 0.2) is 28.8 Å². The second kappa shape index (κ2) is 7.13. The van der Waals surface area contributed by atoms with Gasteiger partial charge < -0.3 is 9.42 Å². The molecule has 1 saturated heterocycles. The molecule has 0 spiro atoms. The molecule has 1 aromatic carbocycles. The van der Waals surface area contributed by atoms with Crippen LogP contribution in [0.2, 0.25) is 0 Å². The van der Waals surface area contributed by atoms with E-state index in [9.17, 15) is 13.2 Å². The number of fused-ring (bicyclic) bond motifs is 2. The Morgan fingerprint density at radius 1 is 1.39 bits per heavy atom. The Morgan fingerprint density at radius 3 is 2.94 bits per heavy atom. The van der Waals surface area contributed by atoms with Gasteiger partial charge in [-0.05, 0) is 38.7 Å². The largest absolute Gasteiger partial charge is 0.339 e. The molecule has 0 bridgehead atoms. The zero-order valence-electron chi connectivity index (χ0n) is 17.3. The highest BCUT2D eigenvalue weighted by atomic mass is 32.2. The average Bonchev–Trinajstić information content (AvgIpc) is 3.48. The van der Waals surface area contributed by atoms with Crippen molar-refractivity contribution in [2.24, 2.45) is 5.92 Å². The quantitative estimate of drug-likeness (QED) is 0.607. The average molecular weight is 445 g/mol. The fourth-order valence-corrected chi connectivity index (χ4v) is 5.91. The maximum atomic E-state index is 13.4. The first-order valence-corrected chi connectivity index (χ1v) is 12.0. The second-order valence-electron chi connectivity index (χ2n) is 8.46. The molecule has 3 unspecified atom stereocenters. The van der Waals surface area contributed by atoms with Crippen molar-refractivity contribution in [1.82, 2.24) is 30.0 Å². The van der Waals surface area contributed by atoms with Crippen LogP contribution in [0.3, 0.4) is 0 Å². The zero-order chi connectivity index (χ0) is 21.8. The molecule has 1 aliphatic carbocycles. The van der Waals surface area contributed by atoms with Crippen LogP contribution in [0.4, 0.5) is 0 Å². The van der Waals surface area contributed by atoms with Gasteiger partial charge in [-0.15, -0.1) is 0 Å². The minimum Gasteiger partial charge on any atom is -0.339 e. The number of aromatic nitrogens is 4. The molecular weight excluding hydrogens is 420 g/mol. The van der Waals surface area contributed by atoms with Crippen molar-refractivity contribution < 1.29 is 17.7 Å². The smallest absolute Gasteiger partial charge is 0.275 e. The van der Waals surface area contributed by atoms with E-state index in [1.54, 1.807) is 18.7 Å². The molecule has 10 nitrogen and oxygen atoms in total. The second-order valence-corrected chi connectivity index (χ2v) is 10.5. The Labute approximate surface area is 179 Å². The van der Waals surface area contributed by atoms with Gasteiger partial charge in [-0.1, -0.05) is 23.4 Å². The standard InChI is InChI=1S/C20H24N6O4S/c1-3-31(28,29)25-14-8-13-10-26(11-20(13,9-14)19-21-12(2)24-30-19)18(27)17-15-6-4-5-7-16(15)22-23-17/h4-7,13-14,25H,3,8-11H2,1-2H3,(H,22,23). The van der Waals surface area contributed by atoms with E-state index in [1.807, 2.05) is 24.3 Å². The third-order valence-electron chi connectivity index (χ3n) is 6.51. The monoisotopic (exact) mass is 444 g/mol. The van der Waals surface area contributed by atoms with Crippen molar-refractivity contribution in [1.29, 1.82) is 0 Å². The van der Waals surface area contributed by atoms with Crippen LogP contribution >= 0.6 is 0 Å². The molecule has 2 aromatic heterocycles. The summed E-state index contributed by atoms with van der Waals surface area (Å²) >= 11 is 0. The maximum absolute atomic E-state index is 13.4. The van der Waals surface area contributed by atoms with Crippen molar-refractivity contribution in [3.05, 3.63) is 41.7 Å². The summed E-state index contributed by atoms with van der Waals surface area (Å²) in [6.45, 7) is 4.22. The molecule has 0 radical (unpaired) electrons. The predicted molar refractivity (Wildman–Crippen MR) is 112 cm³/mol. The number of H-pyrrole nitrogens is 1. The van der Waals surface area contributed by atoms with Crippen molar-refractivity contribution in [2.45, 2.75) is 38.1 Å². The van der Waals surface area contributed by atoms with E-state index in [-0.39, 0.29) is 23.6 Å². The van der Waals surface area contributed by atoms with E-state index >= 15 is 0 Å². The van der Waals surface area contributed by atoms with E-state index in [0.29, 0.717) is 43.3 Å². The van der Waals surface area contributed by atoms with Gasteiger partial charge in [0.2, 0.25) is 15.9 Å². The summed E-state index contributed by atoms with van der Waals surface area (Å²) in [5, 5.41) is 11.9. The molecule has 5 rings (SSSR count). The van der Waals surface area contributed by atoms with Crippen molar-refractivity contribution >= 4 is 26.8 Å². The van der Waals surface area contributed by atoms with Crippen LogP contribution in [0.25, 0.3) is 10.9 Å². The predicted octanol–water partition coefficient (Wildman–Crippen LogP) is 1.37. The number of benzene rings is 1. The normalized spacial score (nSPS) is 25.9. The number of amides is 1. The summed E-state index contributed by atoms with van der Waals surface area (Å²) in [5.41, 5.74) is 0.612. The maximum Gasteiger partial charge on any atom is 0.275 e. The van der Waals surface area contributed by atoms with Crippen LogP contribution in [-0.2, 0) is 15.4 Å². The lowest BCUT2D eigenvalue weighted by Crippen LogP contribution is -2.40. The Hall–Kier alpha value is -2.79. The molecule has 1 amide bonds. The number of nitrogens with one attached hydrogen (secondary N) is 2. The lowest BCUT2D eigenvalue weighted by atomic mass is 9.80. The fraction of sp³-hybridized carbons (Fsp3) is 0.500. The highest BCUT2D eigenvalue weighted by Gasteiger charge is 2.58. The van der Waals surface area contributed by atoms with Crippen LogP contribution in [-0.4, -0.2) is 64.4 Å². The van der Waals surface area contributed by atoms with Crippen molar-refractivity contribution in [3.63, 3.8) is 0 Å². The van der Waals surface area contributed by atoms with Gasteiger partial charge in [0, 0.05) is 24.5 Å². The number of rotatable bonds is 5. The summed E-state index contributed by atoms with van der Waals surface area (Å²) in [4.78, 5) is 19.6. The Balaban J connectivity index is 1.46. The molecular formula is C20H24N6O4S. The number of carbonyl (C=O) groups excluding carboxylic acids is 1. The van der Waals surface area contributed by atoms with Gasteiger partial charge in [0.25, 0.3) is 5.91 Å². The first-order valence-electron chi connectivity index (χ1n) is 10.3. The highest BCUT2D eigenvalue weighted by Crippen LogP contribution is 2.50. The molecule has 11 heteroatoms. The molecule has 3 atom stereocenters. The minimum atomic E-state index is -3.34. The Bertz CT molecular complexity index is 1250. The summed E-state index contributed by atoms with van der Waals surface area (Å²) in [6, 6.07) is 7.28. The van der Waals surface area contributed by atoms with Crippen LogP contribution in [0.5, 0.6) is 0 Å². The summed E-state index contributed by atoms with van der Waals surface area (Å²) in [7, 11) is -3.34. The zero-order valence-corrected chi connectivity index (χ0v) is 18.1. The molecule has 3 heterocycles. The van der Waals surface area contributed by atoms with Crippen LogP contribution < -0.4 is 4.72 Å². The molecule has 2 fully saturated rings. The van der Waals surface area contributed by atoms with Gasteiger partial charge in [-0.3, -0.25) is 9.89 Å². The molecule has 31 heavy (non-hydrogen) atoms. The third kappa shape index (κ3) is 3.32. The number of likely N-dealkylation sites (tertiary alicyclic amines) is 1. The number of carbonyl (C=O) groups is 1. The molecule has 1 aliphatic heterocycles. The lowest BCUT2D eigenvalue weighted by molar-refractivity contribution is 0.0769. The number of para-hydroxylation sites is 1. The topological polar surface area (TPSA) is 134 Å². The van der Waals surface area contributed by atoms with E-state index < -0.39 is 15.4 Å². The molecule has 1 saturated carbocycles. The molecule has 2 aliphatic rings. The summed E-state index contributed by atoms with van der Waals surface area (Å²) in [5.74, 6) is 0.857. The summed E-state index contributed by atoms with van der Waals surface area (Å²) in [6.07, 6.45) is 1.11. The summed E-state index contributed by atoms with van der Waals surface area (Å²) < 4.78 is 32.6. The Kier molecular flexibility index (Phi) is 4.63. The van der Waals surface area contributed by atoms with Gasteiger partial charge in [-0.25, -0.2) is 13.1 Å². The first-order chi connectivity index (χ1) is 14.8. The first kappa shape index (κ1) is 20.1. The van der Waals surface area contributed by atoms with Gasteiger partial charge in [-0.2, -0.15) is 10.1 Å². The molecule has 2 N–H and O–H groups in total.